The molecule has 1 aromatic heterocycles. The van der Waals surface area contributed by atoms with Crippen molar-refractivity contribution in [3.63, 3.8) is 0 Å². The first kappa shape index (κ1) is 15.5. The van der Waals surface area contributed by atoms with E-state index >= 15 is 0 Å². The second-order valence-electron chi connectivity index (χ2n) is 5.95. The minimum atomic E-state index is -0.246. The van der Waals surface area contributed by atoms with Crippen LogP contribution in [0.25, 0.3) is 11.1 Å². The summed E-state index contributed by atoms with van der Waals surface area (Å²) in [5, 5.41) is 2.88. The number of hydrogen-bond donors (Lipinski definition) is 1. The van der Waals surface area contributed by atoms with E-state index < -0.39 is 0 Å². The maximum absolute atomic E-state index is 12.5. The lowest BCUT2D eigenvalue weighted by molar-refractivity contribution is -0.126. The van der Waals surface area contributed by atoms with Crippen LogP contribution in [-0.2, 0) is 17.8 Å². The number of nitrogens with one attached hydrogen (secondary N) is 1. The Balaban J connectivity index is 1.41. The topological polar surface area (TPSA) is 73.6 Å². The standard InChI is InChI=1S/C19H18N2O4/c1-23-16-8-4-5-12-9-13(11-24-18(12)16)19(22)20-10-17-21-14-6-2-3-7-15(14)25-17/h2-8,13H,9-11H2,1H3,(H,20,22). The van der Waals surface area contributed by atoms with Gasteiger partial charge in [-0.2, -0.15) is 0 Å². The first-order chi connectivity index (χ1) is 12.2. The number of oxazole rings is 1. The van der Waals surface area contributed by atoms with Crippen LogP contribution in [0.15, 0.2) is 46.9 Å². The molecule has 25 heavy (non-hydrogen) atoms. The molecule has 2 heterocycles. The highest BCUT2D eigenvalue weighted by molar-refractivity contribution is 5.80. The van der Waals surface area contributed by atoms with E-state index in [9.17, 15) is 4.79 Å². The molecule has 0 radical (unpaired) electrons. The number of ether oxygens (including phenoxy) is 2. The SMILES string of the molecule is COc1cccc2c1OCC(C(=O)NCc1nc3ccccc3o1)C2. The zero-order valence-corrected chi connectivity index (χ0v) is 13.8. The van der Waals surface area contributed by atoms with E-state index in [2.05, 4.69) is 10.3 Å². The Morgan fingerprint density at radius 2 is 2.16 bits per heavy atom. The summed E-state index contributed by atoms with van der Waals surface area (Å²) in [7, 11) is 1.61. The maximum Gasteiger partial charge on any atom is 0.227 e. The fraction of sp³-hybridized carbons (Fsp3) is 0.263. The van der Waals surface area contributed by atoms with Crippen LogP contribution in [0.3, 0.4) is 0 Å². The molecule has 1 aliphatic heterocycles. The number of carbonyl (C=O) groups is 1. The summed E-state index contributed by atoms with van der Waals surface area (Å²) >= 11 is 0. The molecule has 1 atom stereocenters. The molecule has 0 saturated heterocycles. The number of carbonyl (C=O) groups excluding carboxylic acids is 1. The summed E-state index contributed by atoms with van der Waals surface area (Å²) in [4.78, 5) is 16.8. The summed E-state index contributed by atoms with van der Waals surface area (Å²) in [6.45, 7) is 0.585. The van der Waals surface area contributed by atoms with Gasteiger partial charge in [-0.05, 0) is 30.2 Å². The molecule has 2 aromatic carbocycles. The Bertz CT molecular complexity index is 886. The highest BCUT2D eigenvalue weighted by Gasteiger charge is 2.27. The van der Waals surface area contributed by atoms with Gasteiger partial charge in [-0.1, -0.05) is 24.3 Å². The number of fused-ring (bicyclic) bond motifs is 2. The Morgan fingerprint density at radius 1 is 1.28 bits per heavy atom. The highest BCUT2D eigenvalue weighted by atomic mass is 16.5. The summed E-state index contributed by atoms with van der Waals surface area (Å²) in [5.74, 6) is 1.60. The van der Waals surface area contributed by atoms with Crippen LogP contribution < -0.4 is 14.8 Å². The first-order valence-corrected chi connectivity index (χ1v) is 8.15. The number of amides is 1. The lowest BCUT2D eigenvalue weighted by atomic mass is 9.95. The molecule has 6 heteroatoms. The Labute approximate surface area is 144 Å². The van der Waals surface area contributed by atoms with E-state index in [0.29, 0.717) is 30.3 Å². The average molecular weight is 338 g/mol. The zero-order chi connectivity index (χ0) is 17.2. The van der Waals surface area contributed by atoms with Crippen molar-refractivity contribution in [2.75, 3.05) is 13.7 Å². The Morgan fingerprint density at radius 3 is 3.00 bits per heavy atom. The maximum atomic E-state index is 12.5. The minimum absolute atomic E-state index is 0.0734. The van der Waals surface area contributed by atoms with Gasteiger partial charge < -0.3 is 19.2 Å². The quantitative estimate of drug-likeness (QED) is 0.792. The van der Waals surface area contributed by atoms with Gasteiger partial charge in [0.2, 0.25) is 11.8 Å². The van der Waals surface area contributed by atoms with E-state index in [1.807, 2.05) is 42.5 Å². The van der Waals surface area contributed by atoms with Crippen LogP contribution in [0.2, 0.25) is 0 Å². The van der Waals surface area contributed by atoms with Gasteiger partial charge in [0, 0.05) is 0 Å². The van der Waals surface area contributed by atoms with Crippen LogP contribution in [-0.4, -0.2) is 24.6 Å². The summed E-state index contributed by atoms with van der Waals surface area (Å²) < 4.78 is 16.7. The fourth-order valence-electron chi connectivity index (χ4n) is 3.03. The molecule has 0 bridgehead atoms. The van der Waals surface area contributed by atoms with Crippen LogP contribution in [0, 0.1) is 5.92 Å². The molecule has 0 spiro atoms. The molecule has 128 valence electrons. The lowest BCUT2D eigenvalue weighted by Gasteiger charge is -2.25. The normalized spacial score (nSPS) is 16.1. The summed E-state index contributed by atoms with van der Waals surface area (Å²) in [5.41, 5.74) is 2.48. The summed E-state index contributed by atoms with van der Waals surface area (Å²) in [6, 6.07) is 13.2. The van der Waals surface area contributed by atoms with Crippen molar-refractivity contribution in [3.05, 3.63) is 53.9 Å². The second kappa shape index (κ2) is 6.47. The first-order valence-electron chi connectivity index (χ1n) is 8.15. The predicted molar refractivity (Wildman–Crippen MR) is 91.5 cm³/mol. The number of aromatic nitrogens is 1. The van der Waals surface area contributed by atoms with Gasteiger partial charge in [-0.3, -0.25) is 4.79 Å². The number of para-hydroxylation sites is 3. The van der Waals surface area contributed by atoms with Gasteiger partial charge in [0.1, 0.15) is 12.1 Å². The van der Waals surface area contributed by atoms with Crippen molar-refractivity contribution in [2.45, 2.75) is 13.0 Å². The number of benzene rings is 2. The largest absolute Gasteiger partial charge is 0.493 e. The van der Waals surface area contributed by atoms with Crippen molar-refractivity contribution in [3.8, 4) is 11.5 Å². The van der Waals surface area contributed by atoms with Gasteiger partial charge in [0.25, 0.3) is 0 Å². The molecular weight excluding hydrogens is 320 g/mol. The average Bonchev–Trinajstić information content (AvgIpc) is 3.08. The van der Waals surface area contributed by atoms with Crippen molar-refractivity contribution in [1.82, 2.24) is 10.3 Å². The minimum Gasteiger partial charge on any atom is -0.493 e. The number of rotatable bonds is 4. The third kappa shape index (κ3) is 3.03. The van der Waals surface area contributed by atoms with Crippen molar-refractivity contribution in [2.24, 2.45) is 5.92 Å². The van der Waals surface area contributed by atoms with Gasteiger partial charge >= 0.3 is 0 Å². The highest BCUT2D eigenvalue weighted by Crippen LogP contribution is 2.36. The lowest BCUT2D eigenvalue weighted by Crippen LogP contribution is -2.37. The van der Waals surface area contributed by atoms with Crippen molar-refractivity contribution in [1.29, 1.82) is 0 Å². The van der Waals surface area contributed by atoms with E-state index in [4.69, 9.17) is 13.9 Å². The van der Waals surface area contributed by atoms with Crippen LogP contribution in [0.4, 0.5) is 0 Å². The summed E-state index contributed by atoms with van der Waals surface area (Å²) in [6.07, 6.45) is 0.617. The van der Waals surface area contributed by atoms with E-state index in [1.54, 1.807) is 7.11 Å². The predicted octanol–water partition coefficient (Wildman–Crippen LogP) is 2.70. The van der Waals surface area contributed by atoms with E-state index in [1.165, 1.54) is 0 Å². The van der Waals surface area contributed by atoms with E-state index in [-0.39, 0.29) is 18.4 Å². The Kier molecular flexibility index (Phi) is 4.01. The van der Waals surface area contributed by atoms with E-state index in [0.717, 1.165) is 16.8 Å². The number of hydrogen-bond acceptors (Lipinski definition) is 5. The van der Waals surface area contributed by atoms with Crippen molar-refractivity contribution < 1.29 is 18.7 Å². The molecule has 3 aromatic rings. The number of nitrogens with zero attached hydrogens (tertiary/aromatic N) is 1. The van der Waals surface area contributed by atoms with Gasteiger partial charge in [0.15, 0.2) is 17.1 Å². The van der Waals surface area contributed by atoms with Gasteiger partial charge in [0.05, 0.1) is 19.6 Å². The van der Waals surface area contributed by atoms with Gasteiger partial charge in [-0.25, -0.2) is 4.98 Å². The molecule has 0 saturated carbocycles. The Hall–Kier alpha value is -3.02. The molecule has 1 N–H and O–H groups in total. The van der Waals surface area contributed by atoms with Gasteiger partial charge in [-0.15, -0.1) is 0 Å². The number of methoxy groups -OCH3 is 1. The van der Waals surface area contributed by atoms with Crippen LogP contribution in [0.5, 0.6) is 11.5 Å². The smallest absolute Gasteiger partial charge is 0.227 e. The molecule has 1 amide bonds. The molecule has 1 aliphatic rings. The molecule has 6 nitrogen and oxygen atoms in total. The fourth-order valence-corrected chi connectivity index (χ4v) is 3.03. The van der Waals surface area contributed by atoms with Crippen LogP contribution in [0.1, 0.15) is 11.5 Å². The molecule has 0 aliphatic carbocycles. The third-order valence-electron chi connectivity index (χ3n) is 4.30. The molecule has 0 fully saturated rings. The van der Waals surface area contributed by atoms with Crippen molar-refractivity contribution >= 4 is 17.0 Å². The monoisotopic (exact) mass is 338 g/mol. The molecular formula is C19H18N2O4. The molecule has 1 unspecified atom stereocenters. The van der Waals surface area contributed by atoms with Crippen LogP contribution >= 0.6 is 0 Å². The molecule has 4 rings (SSSR count). The zero-order valence-electron chi connectivity index (χ0n) is 13.8. The third-order valence-corrected chi connectivity index (χ3v) is 4.30. The second-order valence-corrected chi connectivity index (χ2v) is 5.95.